The summed E-state index contributed by atoms with van der Waals surface area (Å²) in [5, 5.41) is 0. The minimum absolute atomic E-state index is 0.00514. The van der Waals surface area contributed by atoms with Gasteiger partial charge in [-0.15, -0.1) is 0 Å². The van der Waals surface area contributed by atoms with Gasteiger partial charge in [0.05, 0.1) is 6.61 Å². The molecule has 1 heterocycles. The van der Waals surface area contributed by atoms with Gasteiger partial charge in [-0.2, -0.15) is 0 Å². The molecule has 1 fully saturated rings. The van der Waals surface area contributed by atoms with E-state index in [9.17, 15) is 9.59 Å². The van der Waals surface area contributed by atoms with E-state index in [-0.39, 0.29) is 11.8 Å². The highest BCUT2D eigenvalue weighted by atomic mass is 16.5. The molecule has 1 aliphatic heterocycles. The predicted molar refractivity (Wildman–Crippen MR) is 110 cm³/mol. The average molecular weight is 380 g/mol. The summed E-state index contributed by atoms with van der Waals surface area (Å²) in [7, 11) is 0. The van der Waals surface area contributed by atoms with Gasteiger partial charge in [-0.25, -0.2) is 0 Å². The molecule has 0 bridgehead atoms. The Morgan fingerprint density at radius 1 is 0.857 bits per heavy atom. The fourth-order valence-electron chi connectivity index (χ4n) is 3.46. The zero-order chi connectivity index (χ0) is 20.1. The number of benzene rings is 2. The van der Waals surface area contributed by atoms with E-state index in [0.29, 0.717) is 43.9 Å². The number of carbonyl (C=O) groups is 2. The van der Waals surface area contributed by atoms with E-state index in [1.807, 2.05) is 66.1 Å². The normalized spacial score (nSPS) is 14.1. The molecule has 0 spiro atoms. The number of nitrogens with zero attached hydrogens (tertiary/aromatic N) is 2. The Morgan fingerprint density at radius 3 is 1.89 bits per heavy atom. The van der Waals surface area contributed by atoms with Gasteiger partial charge in [0.25, 0.3) is 11.8 Å². The van der Waals surface area contributed by atoms with Gasteiger partial charge in [0.2, 0.25) is 0 Å². The molecule has 0 aliphatic carbocycles. The van der Waals surface area contributed by atoms with Gasteiger partial charge in [-0.05, 0) is 61.7 Å². The molecule has 0 radical (unpaired) electrons. The van der Waals surface area contributed by atoms with Gasteiger partial charge in [0.1, 0.15) is 5.75 Å². The van der Waals surface area contributed by atoms with E-state index in [4.69, 9.17) is 4.74 Å². The van der Waals surface area contributed by atoms with Crippen LogP contribution in [0.15, 0.2) is 42.5 Å². The lowest BCUT2D eigenvalue weighted by Crippen LogP contribution is -2.50. The predicted octanol–water partition coefficient (Wildman–Crippen LogP) is 3.55. The van der Waals surface area contributed by atoms with Crippen molar-refractivity contribution in [3.63, 3.8) is 0 Å². The van der Waals surface area contributed by atoms with E-state index in [2.05, 4.69) is 6.92 Å². The lowest BCUT2D eigenvalue weighted by atomic mass is 10.1. The number of carbonyl (C=O) groups excluding carboxylic acids is 2. The number of ether oxygens (including phenoxy) is 1. The fraction of sp³-hybridized carbons (Fsp3) is 0.391. The zero-order valence-electron chi connectivity index (χ0n) is 16.9. The summed E-state index contributed by atoms with van der Waals surface area (Å²) in [5.74, 6) is 0.848. The van der Waals surface area contributed by atoms with E-state index in [0.717, 1.165) is 17.7 Å². The summed E-state index contributed by atoms with van der Waals surface area (Å²) in [6.45, 7) is 8.78. The fourth-order valence-corrected chi connectivity index (χ4v) is 3.46. The summed E-state index contributed by atoms with van der Waals surface area (Å²) in [4.78, 5) is 29.2. The molecule has 0 atom stereocenters. The van der Waals surface area contributed by atoms with E-state index >= 15 is 0 Å². The third kappa shape index (κ3) is 4.35. The maximum Gasteiger partial charge on any atom is 0.253 e. The number of hydrogen-bond acceptors (Lipinski definition) is 3. The van der Waals surface area contributed by atoms with E-state index in [1.54, 1.807) is 0 Å². The summed E-state index contributed by atoms with van der Waals surface area (Å²) in [6.07, 6.45) is 0.959. The van der Waals surface area contributed by atoms with Gasteiger partial charge < -0.3 is 14.5 Å². The minimum Gasteiger partial charge on any atom is -0.494 e. The Hall–Kier alpha value is -2.82. The largest absolute Gasteiger partial charge is 0.494 e. The van der Waals surface area contributed by atoms with Crippen molar-refractivity contribution >= 4 is 11.8 Å². The molecule has 0 N–H and O–H groups in total. The van der Waals surface area contributed by atoms with Crippen molar-refractivity contribution in [1.29, 1.82) is 0 Å². The van der Waals surface area contributed by atoms with Crippen molar-refractivity contribution in [2.24, 2.45) is 0 Å². The number of rotatable bonds is 5. The Bertz CT molecular complexity index is 837. The van der Waals surface area contributed by atoms with Crippen LogP contribution in [0.2, 0.25) is 0 Å². The second-order valence-corrected chi connectivity index (χ2v) is 7.05. The van der Waals surface area contributed by atoms with Crippen LogP contribution in [0.3, 0.4) is 0 Å². The van der Waals surface area contributed by atoms with Crippen LogP contribution in [0.1, 0.15) is 45.7 Å². The summed E-state index contributed by atoms with van der Waals surface area (Å²) >= 11 is 0. The van der Waals surface area contributed by atoms with Crippen molar-refractivity contribution in [3.05, 3.63) is 64.7 Å². The van der Waals surface area contributed by atoms with Gasteiger partial charge in [-0.1, -0.05) is 19.1 Å². The van der Waals surface area contributed by atoms with Crippen LogP contribution in [0.25, 0.3) is 0 Å². The third-order valence-corrected chi connectivity index (χ3v) is 5.18. The topological polar surface area (TPSA) is 49.9 Å². The third-order valence-electron chi connectivity index (χ3n) is 5.18. The van der Waals surface area contributed by atoms with Crippen LogP contribution in [0.5, 0.6) is 5.75 Å². The van der Waals surface area contributed by atoms with Crippen molar-refractivity contribution < 1.29 is 14.3 Å². The molecule has 1 aliphatic rings. The first-order valence-electron chi connectivity index (χ1n) is 9.94. The molecular weight excluding hydrogens is 352 g/mol. The van der Waals surface area contributed by atoms with Crippen LogP contribution < -0.4 is 4.74 Å². The maximum absolute atomic E-state index is 12.8. The van der Waals surface area contributed by atoms with Crippen molar-refractivity contribution in [3.8, 4) is 5.75 Å². The first-order valence-corrected chi connectivity index (χ1v) is 9.94. The van der Waals surface area contributed by atoms with Gasteiger partial charge >= 0.3 is 0 Å². The highest BCUT2D eigenvalue weighted by Gasteiger charge is 2.25. The smallest absolute Gasteiger partial charge is 0.253 e. The maximum atomic E-state index is 12.8. The highest BCUT2D eigenvalue weighted by molar-refractivity contribution is 5.96. The second-order valence-electron chi connectivity index (χ2n) is 7.05. The summed E-state index contributed by atoms with van der Waals surface area (Å²) < 4.78 is 5.54. The van der Waals surface area contributed by atoms with Crippen molar-refractivity contribution in [2.45, 2.75) is 27.2 Å². The number of piperazine rings is 1. The molecule has 2 amide bonds. The monoisotopic (exact) mass is 380 g/mol. The Kier molecular flexibility index (Phi) is 6.34. The molecule has 0 unspecified atom stereocenters. The standard InChI is InChI=1S/C23H28N2O3/c1-4-18-6-8-19(9-7-18)22(26)24-12-14-25(15-13-24)23(27)20-10-11-21(28-5-2)17(3)16-20/h6-11,16H,4-5,12-15H2,1-3H3. The molecular formula is C23H28N2O3. The molecule has 3 rings (SSSR count). The second kappa shape index (κ2) is 8.91. The molecule has 5 heteroatoms. The van der Waals surface area contributed by atoms with E-state index < -0.39 is 0 Å². The molecule has 2 aromatic carbocycles. The van der Waals surface area contributed by atoms with Crippen LogP contribution in [0, 0.1) is 6.92 Å². The molecule has 148 valence electrons. The van der Waals surface area contributed by atoms with E-state index in [1.165, 1.54) is 5.56 Å². The highest BCUT2D eigenvalue weighted by Crippen LogP contribution is 2.21. The quantitative estimate of drug-likeness (QED) is 0.797. The Balaban J connectivity index is 1.60. The molecule has 2 aromatic rings. The van der Waals surface area contributed by atoms with Crippen LogP contribution in [-0.2, 0) is 6.42 Å². The number of hydrogen-bond donors (Lipinski definition) is 0. The van der Waals surface area contributed by atoms with Gasteiger partial charge in [0, 0.05) is 37.3 Å². The molecule has 28 heavy (non-hydrogen) atoms. The first kappa shape index (κ1) is 19.9. The van der Waals surface area contributed by atoms with Gasteiger partial charge in [0.15, 0.2) is 0 Å². The lowest BCUT2D eigenvalue weighted by molar-refractivity contribution is 0.0535. The SMILES string of the molecule is CCOc1ccc(C(=O)N2CCN(C(=O)c3ccc(CC)cc3)CC2)cc1C. The summed E-state index contributed by atoms with van der Waals surface area (Å²) in [5.41, 5.74) is 3.55. The molecule has 0 saturated carbocycles. The minimum atomic E-state index is 0.00514. The van der Waals surface area contributed by atoms with Crippen molar-refractivity contribution in [2.75, 3.05) is 32.8 Å². The zero-order valence-corrected chi connectivity index (χ0v) is 16.9. The summed E-state index contributed by atoms with van der Waals surface area (Å²) in [6, 6.07) is 13.3. The molecule has 1 saturated heterocycles. The molecule has 5 nitrogen and oxygen atoms in total. The first-order chi connectivity index (χ1) is 13.5. The van der Waals surface area contributed by atoms with Crippen LogP contribution >= 0.6 is 0 Å². The van der Waals surface area contributed by atoms with Crippen LogP contribution in [-0.4, -0.2) is 54.4 Å². The average Bonchev–Trinajstić information content (AvgIpc) is 2.74. The van der Waals surface area contributed by atoms with Crippen molar-refractivity contribution in [1.82, 2.24) is 9.80 Å². The number of aryl methyl sites for hydroxylation is 2. The molecule has 0 aromatic heterocycles. The van der Waals surface area contributed by atoms with Crippen LogP contribution in [0.4, 0.5) is 0 Å². The lowest BCUT2D eigenvalue weighted by Gasteiger charge is -2.35. The Labute approximate surface area is 166 Å². The number of amides is 2. The Morgan fingerprint density at radius 2 is 1.39 bits per heavy atom. The van der Waals surface area contributed by atoms with Gasteiger partial charge in [-0.3, -0.25) is 9.59 Å².